The summed E-state index contributed by atoms with van der Waals surface area (Å²) in [5, 5.41) is 9.23. The molecule has 0 aliphatic heterocycles. The molecule has 0 saturated heterocycles. The van der Waals surface area contributed by atoms with Crippen LogP contribution in [0.25, 0.3) is 0 Å². The van der Waals surface area contributed by atoms with Gasteiger partial charge in [-0.1, -0.05) is 12.1 Å². The predicted molar refractivity (Wildman–Crippen MR) is 115 cm³/mol. The van der Waals surface area contributed by atoms with Crippen LogP contribution >= 0.6 is 24.0 Å². The van der Waals surface area contributed by atoms with Crippen molar-refractivity contribution in [3.8, 4) is 0 Å². The van der Waals surface area contributed by atoms with Gasteiger partial charge in [0.25, 0.3) is 0 Å². The zero-order chi connectivity index (χ0) is 18.5. The third-order valence-electron chi connectivity index (χ3n) is 4.70. The second-order valence-electron chi connectivity index (χ2n) is 7.30. The molecule has 1 aromatic rings. The summed E-state index contributed by atoms with van der Waals surface area (Å²) in [5.41, 5.74) is 0.437. The van der Waals surface area contributed by atoms with Gasteiger partial charge in [0, 0.05) is 25.6 Å². The molecule has 1 fully saturated rings. The van der Waals surface area contributed by atoms with Crippen LogP contribution in [0, 0.1) is 11.2 Å². The molecule has 0 atom stereocenters. The van der Waals surface area contributed by atoms with E-state index in [9.17, 15) is 9.18 Å². The van der Waals surface area contributed by atoms with Gasteiger partial charge in [0.15, 0.2) is 5.96 Å². The number of rotatable bonds is 7. The topological polar surface area (TPSA) is 65.5 Å². The molecule has 0 heterocycles. The molecule has 1 aliphatic carbocycles. The molecule has 5 nitrogen and oxygen atoms in total. The Bertz CT molecular complexity index is 644. The number of halogens is 2. The molecule has 0 unspecified atom stereocenters. The molecule has 1 aliphatic rings. The van der Waals surface area contributed by atoms with E-state index in [1.807, 2.05) is 26.8 Å². The van der Waals surface area contributed by atoms with Crippen LogP contribution in [0.15, 0.2) is 29.3 Å². The Morgan fingerprint density at radius 1 is 1.31 bits per heavy atom. The SMILES string of the molecule is CCNC(=NCC(C)(C)C(=O)NC)NCC1(c2cccc(F)c2)CC1.I. The first-order chi connectivity index (χ1) is 11.8. The molecule has 0 aromatic heterocycles. The van der Waals surface area contributed by atoms with Crippen molar-refractivity contribution in [2.24, 2.45) is 10.4 Å². The Balaban J connectivity index is 0.00000338. The third-order valence-corrected chi connectivity index (χ3v) is 4.70. The normalized spacial score (nSPS) is 15.7. The van der Waals surface area contributed by atoms with Crippen molar-refractivity contribution < 1.29 is 9.18 Å². The number of benzene rings is 1. The van der Waals surface area contributed by atoms with E-state index >= 15 is 0 Å². The zero-order valence-electron chi connectivity index (χ0n) is 16.0. The quantitative estimate of drug-likeness (QED) is 0.322. The number of carbonyl (C=O) groups is 1. The lowest BCUT2D eigenvalue weighted by Crippen LogP contribution is -2.43. The van der Waals surface area contributed by atoms with Gasteiger partial charge in [0.1, 0.15) is 5.82 Å². The smallest absolute Gasteiger partial charge is 0.227 e. The first-order valence-electron chi connectivity index (χ1n) is 8.83. The van der Waals surface area contributed by atoms with Crippen LogP contribution in [0.1, 0.15) is 39.2 Å². The van der Waals surface area contributed by atoms with Gasteiger partial charge in [0.05, 0.1) is 12.0 Å². The fraction of sp³-hybridized carbons (Fsp3) is 0.579. The van der Waals surface area contributed by atoms with E-state index in [0.717, 1.165) is 24.9 Å². The Hall–Kier alpha value is -1.38. The Morgan fingerprint density at radius 3 is 2.54 bits per heavy atom. The summed E-state index contributed by atoms with van der Waals surface area (Å²) in [6, 6.07) is 6.83. The van der Waals surface area contributed by atoms with E-state index in [4.69, 9.17) is 0 Å². The van der Waals surface area contributed by atoms with Crippen molar-refractivity contribution in [3.05, 3.63) is 35.6 Å². The summed E-state index contributed by atoms with van der Waals surface area (Å²) in [6.07, 6.45) is 2.07. The highest BCUT2D eigenvalue weighted by Gasteiger charge is 2.44. The molecule has 0 bridgehead atoms. The van der Waals surface area contributed by atoms with Crippen molar-refractivity contribution in [2.75, 3.05) is 26.7 Å². The zero-order valence-corrected chi connectivity index (χ0v) is 18.3. The first-order valence-corrected chi connectivity index (χ1v) is 8.83. The largest absolute Gasteiger partial charge is 0.359 e. The van der Waals surface area contributed by atoms with E-state index in [2.05, 4.69) is 20.9 Å². The number of aliphatic imine (C=N–C) groups is 1. The average Bonchev–Trinajstić information content (AvgIpc) is 3.38. The van der Waals surface area contributed by atoms with Crippen LogP contribution < -0.4 is 16.0 Å². The van der Waals surface area contributed by atoms with Crippen molar-refractivity contribution >= 4 is 35.8 Å². The van der Waals surface area contributed by atoms with Gasteiger partial charge in [-0.05, 0) is 51.3 Å². The van der Waals surface area contributed by atoms with Crippen LogP contribution in [-0.2, 0) is 10.2 Å². The van der Waals surface area contributed by atoms with Gasteiger partial charge in [-0.25, -0.2) is 4.39 Å². The van der Waals surface area contributed by atoms with Crippen molar-refractivity contribution in [1.82, 2.24) is 16.0 Å². The highest BCUT2D eigenvalue weighted by molar-refractivity contribution is 14.0. The van der Waals surface area contributed by atoms with E-state index in [1.165, 1.54) is 6.07 Å². The number of nitrogens with zero attached hydrogens (tertiary/aromatic N) is 1. The van der Waals surface area contributed by atoms with Crippen molar-refractivity contribution in [1.29, 1.82) is 0 Å². The van der Waals surface area contributed by atoms with Gasteiger partial charge >= 0.3 is 0 Å². The van der Waals surface area contributed by atoms with Gasteiger partial charge < -0.3 is 16.0 Å². The molecule has 146 valence electrons. The van der Waals surface area contributed by atoms with Crippen LogP contribution in [0.3, 0.4) is 0 Å². The lowest BCUT2D eigenvalue weighted by Gasteiger charge is -2.22. The van der Waals surface area contributed by atoms with E-state index < -0.39 is 5.41 Å². The molecule has 3 N–H and O–H groups in total. The lowest BCUT2D eigenvalue weighted by atomic mass is 9.93. The lowest BCUT2D eigenvalue weighted by molar-refractivity contribution is -0.128. The molecule has 0 spiro atoms. The number of guanidine groups is 1. The third kappa shape index (κ3) is 5.82. The summed E-state index contributed by atoms with van der Waals surface area (Å²) < 4.78 is 13.5. The fourth-order valence-corrected chi connectivity index (χ4v) is 2.82. The van der Waals surface area contributed by atoms with Crippen molar-refractivity contribution in [3.63, 3.8) is 0 Å². The van der Waals surface area contributed by atoms with Crippen LogP contribution in [-0.4, -0.2) is 38.5 Å². The molecule has 1 aromatic carbocycles. The van der Waals surface area contributed by atoms with Crippen LogP contribution in [0.5, 0.6) is 0 Å². The molecule has 0 radical (unpaired) electrons. The first kappa shape index (κ1) is 22.7. The number of nitrogens with one attached hydrogen (secondary N) is 3. The van der Waals surface area contributed by atoms with E-state index in [1.54, 1.807) is 19.2 Å². The average molecular weight is 476 g/mol. The maximum atomic E-state index is 13.5. The predicted octanol–water partition coefficient (Wildman–Crippen LogP) is 2.80. The molecule has 7 heteroatoms. The Morgan fingerprint density at radius 2 is 2.00 bits per heavy atom. The van der Waals surface area contributed by atoms with Gasteiger partial charge in [-0.15, -0.1) is 24.0 Å². The molecule has 1 amide bonds. The van der Waals surface area contributed by atoms with Gasteiger partial charge in [0.2, 0.25) is 5.91 Å². The number of hydrogen-bond donors (Lipinski definition) is 3. The minimum atomic E-state index is -0.572. The minimum Gasteiger partial charge on any atom is -0.359 e. The van der Waals surface area contributed by atoms with Gasteiger partial charge in [-0.2, -0.15) is 0 Å². The molecule has 1 saturated carbocycles. The monoisotopic (exact) mass is 476 g/mol. The maximum absolute atomic E-state index is 13.5. The van der Waals surface area contributed by atoms with Crippen molar-refractivity contribution in [2.45, 2.75) is 39.0 Å². The minimum absolute atomic E-state index is 0. The standard InChI is InChI=1S/C19H29FN4O.HI/c1-5-22-17(23-12-18(2,3)16(25)21-4)24-13-19(9-10-19)14-7-6-8-15(20)11-14;/h6-8,11H,5,9-10,12-13H2,1-4H3,(H,21,25)(H2,22,23,24);1H. The second kappa shape index (κ2) is 9.53. The number of carbonyl (C=O) groups excluding carboxylic acids is 1. The maximum Gasteiger partial charge on any atom is 0.227 e. The van der Waals surface area contributed by atoms with Crippen LogP contribution in [0.2, 0.25) is 0 Å². The highest BCUT2D eigenvalue weighted by atomic mass is 127. The summed E-state index contributed by atoms with van der Waals surface area (Å²) in [5.74, 6) is 0.448. The highest BCUT2D eigenvalue weighted by Crippen LogP contribution is 2.47. The summed E-state index contributed by atoms with van der Waals surface area (Å²) in [4.78, 5) is 16.4. The van der Waals surface area contributed by atoms with Crippen LogP contribution in [0.4, 0.5) is 4.39 Å². The van der Waals surface area contributed by atoms with Gasteiger partial charge in [-0.3, -0.25) is 9.79 Å². The summed E-state index contributed by atoms with van der Waals surface area (Å²) >= 11 is 0. The molecule has 26 heavy (non-hydrogen) atoms. The summed E-state index contributed by atoms with van der Waals surface area (Å²) in [6.45, 7) is 7.56. The molecule has 2 rings (SSSR count). The molecular weight excluding hydrogens is 446 g/mol. The Kier molecular flexibility index (Phi) is 8.30. The fourth-order valence-electron chi connectivity index (χ4n) is 2.82. The number of hydrogen-bond acceptors (Lipinski definition) is 2. The second-order valence-corrected chi connectivity index (χ2v) is 7.30. The number of amides is 1. The Labute approximate surface area is 172 Å². The van der Waals surface area contributed by atoms with E-state index in [-0.39, 0.29) is 41.1 Å². The molecular formula is C19H30FIN4O. The summed E-state index contributed by atoms with van der Waals surface area (Å²) in [7, 11) is 1.63. The van der Waals surface area contributed by atoms with E-state index in [0.29, 0.717) is 19.0 Å².